The molecule has 3 aromatic rings. The third kappa shape index (κ3) is 3.44. The fourth-order valence-corrected chi connectivity index (χ4v) is 2.42. The molecule has 2 aromatic heterocycles. The van der Waals surface area contributed by atoms with Gasteiger partial charge in [-0.2, -0.15) is 0 Å². The number of amides is 1. The molecule has 8 heteroatoms. The van der Waals surface area contributed by atoms with E-state index < -0.39 is 0 Å². The van der Waals surface area contributed by atoms with Gasteiger partial charge in [-0.3, -0.25) is 9.36 Å². The van der Waals surface area contributed by atoms with Crippen LogP contribution in [0.25, 0.3) is 5.82 Å². The number of benzene rings is 1. The van der Waals surface area contributed by atoms with Gasteiger partial charge in [0.05, 0.1) is 33.2 Å². The van der Waals surface area contributed by atoms with Crippen molar-refractivity contribution in [2.75, 3.05) is 26.6 Å². The molecule has 0 aliphatic rings. The molecule has 3 rings (SSSR count). The van der Waals surface area contributed by atoms with Gasteiger partial charge >= 0.3 is 0 Å². The Morgan fingerprint density at radius 3 is 2.31 bits per heavy atom. The number of carbonyl (C=O) groups excluding carboxylic acids is 1. The second kappa shape index (κ2) is 7.56. The van der Waals surface area contributed by atoms with E-state index in [2.05, 4.69) is 15.3 Å². The fourth-order valence-electron chi connectivity index (χ4n) is 2.42. The number of aromatic nitrogens is 3. The summed E-state index contributed by atoms with van der Waals surface area (Å²) in [4.78, 5) is 20.8. The fraction of sp³-hybridized carbons (Fsp3) is 0.167. The van der Waals surface area contributed by atoms with Crippen LogP contribution < -0.4 is 19.5 Å². The highest BCUT2D eigenvalue weighted by Crippen LogP contribution is 2.38. The Morgan fingerprint density at radius 1 is 1.08 bits per heavy atom. The summed E-state index contributed by atoms with van der Waals surface area (Å²) in [5.74, 6) is 1.63. The maximum Gasteiger partial charge on any atom is 0.255 e. The number of nitrogens with zero attached hydrogens (tertiary/aromatic N) is 3. The first-order valence-corrected chi connectivity index (χ1v) is 7.72. The summed E-state index contributed by atoms with van der Waals surface area (Å²) in [5.41, 5.74) is 0.936. The van der Waals surface area contributed by atoms with Crippen LogP contribution in [0.5, 0.6) is 17.2 Å². The number of hydrogen-bond acceptors (Lipinski definition) is 6. The number of pyridine rings is 1. The molecule has 2 heterocycles. The van der Waals surface area contributed by atoms with Crippen molar-refractivity contribution in [2.45, 2.75) is 0 Å². The number of nitrogens with one attached hydrogen (secondary N) is 1. The average molecular weight is 354 g/mol. The number of methoxy groups -OCH3 is 3. The lowest BCUT2D eigenvalue weighted by Crippen LogP contribution is -2.13. The molecule has 26 heavy (non-hydrogen) atoms. The Bertz CT molecular complexity index is 867. The van der Waals surface area contributed by atoms with Crippen LogP contribution >= 0.6 is 0 Å². The van der Waals surface area contributed by atoms with E-state index in [0.717, 1.165) is 0 Å². The largest absolute Gasteiger partial charge is 0.493 e. The van der Waals surface area contributed by atoms with Crippen LogP contribution in [0.15, 0.2) is 49.2 Å². The summed E-state index contributed by atoms with van der Waals surface area (Å²) in [6.07, 6.45) is 6.68. The molecule has 0 saturated carbocycles. The van der Waals surface area contributed by atoms with Crippen LogP contribution in [0, 0.1) is 0 Å². The first kappa shape index (κ1) is 17.3. The lowest BCUT2D eigenvalue weighted by Gasteiger charge is -2.14. The summed E-state index contributed by atoms with van der Waals surface area (Å²) in [6, 6.07) is 6.72. The summed E-state index contributed by atoms with van der Waals surface area (Å²) >= 11 is 0. The molecule has 0 aliphatic heterocycles. The van der Waals surface area contributed by atoms with Crippen LogP contribution in [0.4, 0.5) is 5.69 Å². The van der Waals surface area contributed by atoms with Crippen molar-refractivity contribution in [1.82, 2.24) is 14.5 Å². The van der Waals surface area contributed by atoms with Crippen molar-refractivity contribution in [2.24, 2.45) is 0 Å². The van der Waals surface area contributed by atoms with E-state index in [9.17, 15) is 4.79 Å². The minimum Gasteiger partial charge on any atom is -0.493 e. The molecule has 0 spiro atoms. The number of ether oxygens (including phenoxy) is 3. The first-order chi connectivity index (χ1) is 12.7. The SMILES string of the molecule is COc1cc(C(=O)Nc2ccc(-n3ccnc3)nc2)cc(OC)c1OC. The van der Waals surface area contributed by atoms with E-state index in [1.165, 1.54) is 21.3 Å². The van der Waals surface area contributed by atoms with Crippen molar-refractivity contribution in [3.63, 3.8) is 0 Å². The molecule has 1 N–H and O–H groups in total. The summed E-state index contributed by atoms with van der Waals surface area (Å²) < 4.78 is 17.6. The third-order valence-corrected chi connectivity index (χ3v) is 3.70. The molecule has 0 saturated heterocycles. The van der Waals surface area contributed by atoms with Crippen molar-refractivity contribution in [1.29, 1.82) is 0 Å². The molecule has 0 bridgehead atoms. The number of anilines is 1. The zero-order valence-corrected chi connectivity index (χ0v) is 14.6. The molecule has 8 nitrogen and oxygen atoms in total. The van der Waals surface area contributed by atoms with Gasteiger partial charge in [0.15, 0.2) is 11.5 Å². The minimum absolute atomic E-state index is 0.318. The van der Waals surface area contributed by atoms with E-state index in [1.54, 1.807) is 53.8 Å². The predicted octanol–water partition coefficient (Wildman–Crippen LogP) is 2.55. The number of hydrogen-bond donors (Lipinski definition) is 1. The van der Waals surface area contributed by atoms with E-state index in [0.29, 0.717) is 34.3 Å². The van der Waals surface area contributed by atoms with Gasteiger partial charge in [-0.25, -0.2) is 9.97 Å². The van der Waals surface area contributed by atoms with Crippen LogP contribution in [0.2, 0.25) is 0 Å². The van der Waals surface area contributed by atoms with Crippen molar-refractivity contribution in [3.05, 3.63) is 54.7 Å². The number of carbonyl (C=O) groups is 1. The molecule has 0 aliphatic carbocycles. The molecule has 134 valence electrons. The Kier molecular flexibility index (Phi) is 5.02. The average Bonchev–Trinajstić information content (AvgIpc) is 3.22. The molecule has 0 radical (unpaired) electrons. The molecule has 0 fully saturated rings. The van der Waals surface area contributed by atoms with Gasteiger partial charge in [0.1, 0.15) is 12.1 Å². The van der Waals surface area contributed by atoms with Gasteiger partial charge in [-0.15, -0.1) is 0 Å². The second-order valence-corrected chi connectivity index (χ2v) is 5.24. The molecule has 1 amide bonds. The van der Waals surface area contributed by atoms with E-state index in [-0.39, 0.29) is 5.91 Å². The second-order valence-electron chi connectivity index (χ2n) is 5.24. The Labute approximate surface area is 150 Å². The third-order valence-electron chi connectivity index (χ3n) is 3.70. The van der Waals surface area contributed by atoms with Crippen LogP contribution in [-0.4, -0.2) is 41.8 Å². The zero-order valence-electron chi connectivity index (χ0n) is 14.6. The van der Waals surface area contributed by atoms with Gasteiger partial charge in [-0.05, 0) is 24.3 Å². The summed E-state index contributed by atoms with van der Waals surface area (Å²) in [5, 5.41) is 2.79. The predicted molar refractivity (Wildman–Crippen MR) is 95.4 cm³/mol. The Morgan fingerprint density at radius 2 is 1.81 bits per heavy atom. The van der Waals surface area contributed by atoms with Crippen LogP contribution in [0.3, 0.4) is 0 Å². The molecule has 1 aromatic carbocycles. The summed E-state index contributed by atoms with van der Waals surface area (Å²) in [6.45, 7) is 0. The van der Waals surface area contributed by atoms with Crippen molar-refractivity contribution >= 4 is 11.6 Å². The molecular weight excluding hydrogens is 336 g/mol. The molecule has 0 unspecified atom stereocenters. The van der Waals surface area contributed by atoms with Crippen molar-refractivity contribution in [3.8, 4) is 23.1 Å². The maximum atomic E-state index is 12.6. The van der Waals surface area contributed by atoms with E-state index >= 15 is 0 Å². The lowest BCUT2D eigenvalue weighted by atomic mass is 10.1. The number of rotatable bonds is 6. The topological polar surface area (TPSA) is 87.5 Å². The summed E-state index contributed by atoms with van der Waals surface area (Å²) in [7, 11) is 4.50. The molecular formula is C18H18N4O4. The van der Waals surface area contributed by atoms with Gasteiger partial charge in [0, 0.05) is 18.0 Å². The van der Waals surface area contributed by atoms with Crippen molar-refractivity contribution < 1.29 is 19.0 Å². The smallest absolute Gasteiger partial charge is 0.255 e. The standard InChI is InChI=1S/C18H18N4O4/c1-24-14-8-12(9-15(25-2)17(14)26-3)18(23)21-13-4-5-16(20-10-13)22-7-6-19-11-22/h4-11H,1-3H3,(H,21,23). The van der Waals surface area contributed by atoms with Gasteiger partial charge in [-0.1, -0.05) is 0 Å². The minimum atomic E-state index is -0.318. The van der Waals surface area contributed by atoms with Gasteiger partial charge in [0.25, 0.3) is 5.91 Å². The normalized spacial score (nSPS) is 10.3. The van der Waals surface area contributed by atoms with Gasteiger partial charge in [0.2, 0.25) is 5.75 Å². The monoisotopic (exact) mass is 354 g/mol. The van der Waals surface area contributed by atoms with Crippen LogP contribution in [0.1, 0.15) is 10.4 Å². The van der Waals surface area contributed by atoms with E-state index in [1.807, 2.05) is 0 Å². The zero-order chi connectivity index (χ0) is 18.5. The number of imidazole rings is 1. The first-order valence-electron chi connectivity index (χ1n) is 7.72. The van der Waals surface area contributed by atoms with Gasteiger partial charge < -0.3 is 19.5 Å². The maximum absolute atomic E-state index is 12.6. The Balaban J connectivity index is 1.81. The highest BCUT2D eigenvalue weighted by Gasteiger charge is 2.17. The Hall–Kier alpha value is -3.55. The highest BCUT2D eigenvalue weighted by atomic mass is 16.5. The molecule has 0 atom stereocenters. The van der Waals surface area contributed by atoms with Crippen LogP contribution in [-0.2, 0) is 0 Å². The quantitative estimate of drug-likeness (QED) is 0.732. The lowest BCUT2D eigenvalue weighted by molar-refractivity contribution is 0.102. The highest BCUT2D eigenvalue weighted by molar-refractivity contribution is 6.05. The van der Waals surface area contributed by atoms with E-state index in [4.69, 9.17) is 14.2 Å².